The number of piperidine rings is 1. The second-order valence-corrected chi connectivity index (χ2v) is 7.66. The SMILES string of the molecule is CCc1ccc(OCCO)cc1.CN1CCC(NC(=O)c2ccc(F)c(Cl)c2)CC1. The molecule has 1 saturated heterocycles. The smallest absolute Gasteiger partial charge is 0.251 e. The third kappa shape index (κ3) is 7.94. The maximum absolute atomic E-state index is 13.0. The third-order valence-electron chi connectivity index (χ3n) is 4.93. The van der Waals surface area contributed by atoms with Crippen LogP contribution < -0.4 is 10.1 Å². The molecule has 1 amide bonds. The second-order valence-electron chi connectivity index (χ2n) is 7.25. The van der Waals surface area contributed by atoms with Gasteiger partial charge >= 0.3 is 0 Å². The van der Waals surface area contributed by atoms with Crippen LogP contribution in [0.3, 0.4) is 0 Å². The van der Waals surface area contributed by atoms with Crippen molar-refractivity contribution >= 4 is 17.5 Å². The minimum atomic E-state index is -0.507. The van der Waals surface area contributed by atoms with Crippen LogP contribution in [0.2, 0.25) is 5.02 Å². The number of aliphatic hydroxyl groups is 1. The number of aliphatic hydroxyl groups excluding tert-OH is 1. The van der Waals surface area contributed by atoms with Crippen molar-refractivity contribution in [1.82, 2.24) is 10.2 Å². The Labute approximate surface area is 182 Å². The van der Waals surface area contributed by atoms with Crippen LogP contribution in [0.1, 0.15) is 35.7 Å². The molecule has 3 rings (SSSR count). The number of rotatable bonds is 6. The summed E-state index contributed by atoms with van der Waals surface area (Å²) in [5.41, 5.74) is 1.70. The predicted molar refractivity (Wildman–Crippen MR) is 118 cm³/mol. The van der Waals surface area contributed by atoms with Crippen molar-refractivity contribution in [3.63, 3.8) is 0 Å². The van der Waals surface area contributed by atoms with E-state index in [0.29, 0.717) is 12.2 Å². The topological polar surface area (TPSA) is 61.8 Å². The molecule has 0 atom stereocenters. The van der Waals surface area contributed by atoms with Gasteiger partial charge in [0.25, 0.3) is 5.91 Å². The Morgan fingerprint density at radius 3 is 2.47 bits per heavy atom. The quantitative estimate of drug-likeness (QED) is 0.720. The molecule has 1 heterocycles. The lowest BCUT2D eigenvalue weighted by Gasteiger charge is -2.29. The van der Waals surface area contributed by atoms with Gasteiger partial charge in [0.05, 0.1) is 11.6 Å². The number of hydrogen-bond donors (Lipinski definition) is 2. The van der Waals surface area contributed by atoms with Crippen molar-refractivity contribution in [3.8, 4) is 5.75 Å². The van der Waals surface area contributed by atoms with Gasteiger partial charge in [-0.3, -0.25) is 4.79 Å². The number of likely N-dealkylation sites (tertiary alicyclic amines) is 1. The molecule has 1 fully saturated rings. The lowest BCUT2D eigenvalue weighted by atomic mass is 10.0. The van der Waals surface area contributed by atoms with Gasteiger partial charge in [-0.05, 0) is 75.3 Å². The molecule has 0 bridgehead atoms. The van der Waals surface area contributed by atoms with Gasteiger partial charge in [0, 0.05) is 11.6 Å². The summed E-state index contributed by atoms with van der Waals surface area (Å²) in [7, 11) is 2.07. The molecule has 1 aliphatic heterocycles. The molecule has 2 aromatic rings. The first-order valence-electron chi connectivity index (χ1n) is 10.2. The van der Waals surface area contributed by atoms with Crippen molar-refractivity contribution in [3.05, 3.63) is 64.4 Å². The van der Waals surface area contributed by atoms with Gasteiger partial charge in [-0.1, -0.05) is 30.7 Å². The summed E-state index contributed by atoms with van der Waals surface area (Å²) in [6.07, 6.45) is 2.93. The fraction of sp³-hybridized carbons (Fsp3) is 0.435. The van der Waals surface area contributed by atoms with E-state index in [1.54, 1.807) is 0 Å². The number of ether oxygens (including phenoxy) is 1. The zero-order valence-corrected chi connectivity index (χ0v) is 18.3. The third-order valence-corrected chi connectivity index (χ3v) is 5.22. The van der Waals surface area contributed by atoms with Crippen LogP contribution in [-0.2, 0) is 6.42 Å². The molecule has 0 aliphatic carbocycles. The first-order chi connectivity index (χ1) is 14.4. The molecule has 0 unspecified atom stereocenters. The van der Waals surface area contributed by atoms with E-state index in [4.69, 9.17) is 21.4 Å². The predicted octanol–water partition coefficient (Wildman–Crippen LogP) is 3.92. The van der Waals surface area contributed by atoms with Crippen LogP contribution in [0, 0.1) is 5.82 Å². The van der Waals surface area contributed by atoms with E-state index in [-0.39, 0.29) is 23.6 Å². The number of halogens is 2. The number of nitrogens with one attached hydrogen (secondary N) is 1. The summed E-state index contributed by atoms with van der Waals surface area (Å²) in [4.78, 5) is 14.2. The Hall–Kier alpha value is -2.15. The van der Waals surface area contributed by atoms with Crippen molar-refractivity contribution in [2.45, 2.75) is 32.2 Å². The fourth-order valence-corrected chi connectivity index (χ4v) is 3.22. The van der Waals surface area contributed by atoms with Crippen LogP contribution >= 0.6 is 11.6 Å². The Bertz CT molecular complexity index is 794. The Kier molecular flexibility index (Phi) is 10.1. The monoisotopic (exact) mass is 436 g/mol. The number of carbonyl (C=O) groups is 1. The van der Waals surface area contributed by atoms with Gasteiger partial charge in [-0.2, -0.15) is 0 Å². The number of carbonyl (C=O) groups excluding carboxylic acids is 1. The zero-order chi connectivity index (χ0) is 21.9. The Morgan fingerprint density at radius 1 is 1.23 bits per heavy atom. The van der Waals surface area contributed by atoms with Crippen LogP contribution in [0.15, 0.2) is 42.5 Å². The minimum Gasteiger partial charge on any atom is -0.491 e. The molecular formula is C23H30ClFN2O3. The van der Waals surface area contributed by atoms with Crippen LogP contribution in [0.25, 0.3) is 0 Å². The van der Waals surface area contributed by atoms with Crippen molar-refractivity contribution in [2.75, 3.05) is 33.4 Å². The average molecular weight is 437 g/mol. The molecule has 7 heteroatoms. The molecular weight excluding hydrogens is 407 g/mol. The lowest BCUT2D eigenvalue weighted by Crippen LogP contribution is -2.43. The molecule has 0 radical (unpaired) electrons. The summed E-state index contributed by atoms with van der Waals surface area (Å²) < 4.78 is 18.2. The zero-order valence-electron chi connectivity index (χ0n) is 17.5. The highest BCUT2D eigenvalue weighted by atomic mass is 35.5. The highest BCUT2D eigenvalue weighted by Gasteiger charge is 2.19. The summed E-state index contributed by atoms with van der Waals surface area (Å²) in [5.74, 6) is 0.125. The summed E-state index contributed by atoms with van der Waals surface area (Å²) in [5, 5.41) is 11.4. The van der Waals surface area contributed by atoms with Gasteiger partial charge in [0.1, 0.15) is 18.2 Å². The standard InChI is InChI=1S/C13H16ClFN2O.C10H14O2/c1-17-6-4-10(5-7-17)16-13(18)9-2-3-12(15)11(14)8-9;1-2-9-3-5-10(6-4-9)12-8-7-11/h2-3,8,10H,4-7H2,1H3,(H,16,18);3-6,11H,2,7-8H2,1H3. The molecule has 30 heavy (non-hydrogen) atoms. The van der Waals surface area contributed by atoms with Gasteiger partial charge in [0.2, 0.25) is 0 Å². The van der Waals surface area contributed by atoms with Crippen LogP contribution in [-0.4, -0.2) is 55.3 Å². The molecule has 0 aromatic heterocycles. The number of nitrogens with zero attached hydrogens (tertiary/aromatic N) is 1. The van der Waals surface area contributed by atoms with E-state index in [1.807, 2.05) is 24.3 Å². The molecule has 0 spiro atoms. The van der Waals surface area contributed by atoms with E-state index in [2.05, 4.69) is 24.2 Å². The maximum atomic E-state index is 13.0. The molecule has 2 aromatic carbocycles. The van der Waals surface area contributed by atoms with Gasteiger partial charge in [-0.15, -0.1) is 0 Å². The summed E-state index contributed by atoms with van der Waals surface area (Å²) in [6.45, 7) is 4.51. The van der Waals surface area contributed by atoms with E-state index < -0.39 is 5.82 Å². The highest BCUT2D eigenvalue weighted by Crippen LogP contribution is 2.17. The second kappa shape index (κ2) is 12.5. The lowest BCUT2D eigenvalue weighted by molar-refractivity contribution is 0.0917. The van der Waals surface area contributed by atoms with Crippen molar-refractivity contribution < 1.29 is 19.0 Å². The summed E-state index contributed by atoms with van der Waals surface area (Å²) in [6, 6.07) is 12.1. The van der Waals surface area contributed by atoms with E-state index in [9.17, 15) is 9.18 Å². The number of benzene rings is 2. The first-order valence-corrected chi connectivity index (χ1v) is 10.6. The highest BCUT2D eigenvalue weighted by molar-refractivity contribution is 6.31. The Morgan fingerprint density at radius 2 is 1.90 bits per heavy atom. The molecule has 5 nitrogen and oxygen atoms in total. The largest absolute Gasteiger partial charge is 0.491 e. The van der Waals surface area contributed by atoms with Crippen molar-refractivity contribution in [2.24, 2.45) is 0 Å². The molecule has 164 valence electrons. The van der Waals surface area contributed by atoms with Crippen LogP contribution in [0.5, 0.6) is 5.75 Å². The van der Waals surface area contributed by atoms with Gasteiger partial charge in [-0.25, -0.2) is 4.39 Å². The van der Waals surface area contributed by atoms with E-state index >= 15 is 0 Å². The molecule has 0 saturated carbocycles. The van der Waals surface area contributed by atoms with Crippen LogP contribution in [0.4, 0.5) is 4.39 Å². The van der Waals surface area contributed by atoms with Gasteiger partial charge < -0.3 is 20.1 Å². The first kappa shape index (κ1) is 24.1. The summed E-state index contributed by atoms with van der Waals surface area (Å²) >= 11 is 5.66. The number of hydrogen-bond acceptors (Lipinski definition) is 4. The van der Waals surface area contributed by atoms with Gasteiger partial charge in [0.15, 0.2) is 0 Å². The minimum absolute atomic E-state index is 0.0222. The van der Waals surface area contributed by atoms with E-state index in [1.165, 1.54) is 23.8 Å². The molecule has 2 N–H and O–H groups in total. The number of amides is 1. The normalized spacial score (nSPS) is 14.6. The van der Waals surface area contributed by atoms with Crippen molar-refractivity contribution in [1.29, 1.82) is 0 Å². The maximum Gasteiger partial charge on any atom is 0.251 e. The fourth-order valence-electron chi connectivity index (χ4n) is 3.04. The van der Waals surface area contributed by atoms with E-state index in [0.717, 1.165) is 38.1 Å². The Balaban J connectivity index is 0.000000232. The average Bonchev–Trinajstić information content (AvgIpc) is 2.76. The number of aryl methyl sites for hydroxylation is 1. The molecule has 1 aliphatic rings.